The lowest BCUT2D eigenvalue weighted by Gasteiger charge is -2.18. The molecule has 1 heterocycles. The molecule has 0 saturated carbocycles. The lowest BCUT2D eigenvalue weighted by Crippen LogP contribution is -2.15. The van der Waals surface area contributed by atoms with Crippen LogP contribution in [0.2, 0.25) is 0 Å². The average molecular weight is 277 g/mol. The van der Waals surface area contributed by atoms with E-state index in [0.717, 1.165) is 21.3 Å². The summed E-state index contributed by atoms with van der Waals surface area (Å²) in [5.74, 6) is 1.16. The molecule has 0 aliphatic carbocycles. The van der Waals surface area contributed by atoms with Crippen LogP contribution < -0.4 is 15.2 Å². The first-order chi connectivity index (χ1) is 9.22. The molecule has 19 heavy (non-hydrogen) atoms. The van der Waals surface area contributed by atoms with Gasteiger partial charge in [0.2, 0.25) is 0 Å². The fourth-order valence-electron chi connectivity index (χ4n) is 1.83. The van der Waals surface area contributed by atoms with Gasteiger partial charge < -0.3 is 15.2 Å². The van der Waals surface area contributed by atoms with Gasteiger partial charge in [-0.3, -0.25) is 0 Å². The summed E-state index contributed by atoms with van der Waals surface area (Å²) in [5.41, 5.74) is 6.22. The second kappa shape index (κ2) is 5.01. The first-order valence-electron chi connectivity index (χ1n) is 5.85. The first-order valence-corrected chi connectivity index (χ1v) is 6.66. The van der Waals surface area contributed by atoms with E-state index in [1.165, 1.54) is 23.9 Å². The van der Waals surface area contributed by atoms with Gasteiger partial charge in [-0.25, -0.2) is 4.39 Å². The lowest BCUT2D eigenvalue weighted by atomic mass is 10.3. The predicted octanol–water partition coefficient (Wildman–Crippen LogP) is 3.33. The molecule has 2 aromatic carbocycles. The van der Waals surface area contributed by atoms with Crippen LogP contribution in [-0.4, -0.2) is 13.2 Å². The van der Waals surface area contributed by atoms with Crippen molar-refractivity contribution in [3.8, 4) is 11.5 Å². The smallest absolute Gasteiger partial charge is 0.162 e. The summed E-state index contributed by atoms with van der Waals surface area (Å²) in [6, 6.07) is 10.1. The zero-order chi connectivity index (χ0) is 13.2. The maximum atomic E-state index is 13.0. The van der Waals surface area contributed by atoms with Crippen molar-refractivity contribution in [3.63, 3.8) is 0 Å². The highest BCUT2D eigenvalue weighted by Gasteiger charge is 2.12. The van der Waals surface area contributed by atoms with Crippen LogP contribution in [0.5, 0.6) is 11.5 Å². The Morgan fingerprint density at radius 3 is 2.58 bits per heavy atom. The molecule has 98 valence electrons. The molecular formula is C14H12FNO2S. The third-order valence-electron chi connectivity index (χ3n) is 2.71. The monoisotopic (exact) mass is 277 g/mol. The number of hydrogen-bond acceptors (Lipinski definition) is 4. The van der Waals surface area contributed by atoms with Crippen molar-refractivity contribution < 1.29 is 13.9 Å². The molecule has 0 spiro atoms. The Balaban J connectivity index is 1.87. The summed E-state index contributed by atoms with van der Waals surface area (Å²) in [5, 5.41) is 0. The third kappa shape index (κ3) is 2.61. The van der Waals surface area contributed by atoms with E-state index in [1.807, 2.05) is 18.2 Å². The summed E-state index contributed by atoms with van der Waals surface area (Å²) in [7, 11) is 0. The Hall–Kier alpha value is -1.88. The summed E-state index contributed by atoms with van der Waals surface area (Å²) in [4.78, 5) is 1.79. The van der Waals surface area contributed by atoms with Crippen LogP contribution in [0.4, 0.5) is 10.1 Å². The number of hydrogen-bond donors (Lipinski definition) is 1. The number of anilines is 1. The van der Waals surface area contributed by atoms with Crippen LogP contribution >= 0.6 is 11.8 Å². The average Bonchev–Trinajstić information content (AvgIpc) is 2.42. The van der Waals surface area contributed by atoms with Gasteiger partial charge in [0, 0.05) is 15.5 Å². The summed E-state index contributed by atoms with van der Waals surface area (Å²) in [6.07, 6.45) is 0. The number of rotatable bonds is 2. The Morgan fingerprint density at radius 2 is 1.79 bits per heavy atom. The fourth-order valence-corrected chi connectivity index (χ4v) is 2.70. The third-order valence-corrected chi connectivity index (χ3v) is 3.79. The molecule has 2 aromatic rings. The van der Waals surface area contributed by atoms with Crippen LogP contribution in [0.25, 0.3) is 0 Å². The molecule has 0 amide bonds. The molecule has 0 atom stereocenters. The molecule has 0 fully saturated rings. The van der Waals surface area contributed by atoms with Gasteiger partial charge in [-0.2, -0.15) is 0 Å². The minimum atomic E-state index is -0.330. The molecule has 1 aliphatic heterocycles. The minimum Gasteiger partial charge on any atom is -0.486 e. The summed E-state index contributed by atoms with van der Waals surface area (Å²) in [6.45, 7) is 1.13. The SMILES string of the molecule is Nc1cc(F)ccc1Sc1ccc2c(c1)OCCO2. The van der Waals surface area contributed by atoms with Gasteiger partial charge >= 0.3 is 0 Å². The Kier molecular flexibility index (Phi) is 3.21. The molecular weight excluding hydrogens is 265 g/mol. The number of nitrogen functional groups attached to an aromatic ring is 1. The standard InChI is InChI=1S/C14H12FNO2S/c15-9-1-4-14(11(16)7-9)19-10-2-3-12-13(8-10)18-6-5-17-12/h1-4,7-8H,5-6,16H2. The summed E-state index contributed by atoms with van der Waals surface area (Å²) < 4.78 is 24.0. The fraction of sp³-hybridized carbons (Fsp3) is 0.143. The van der Waals surface area contributed by atoms with E-state index in [-0.39, 0.29) is 5.82 Å². The van der Waals surface area contributed by atoms with Crippen LogP contribution in [0.3, 0.4) is 0 Å². The normalized spacial score (nSPS) is 13.3. The van der Waals surface area contributed by atoms with Crippen LogP contribution in [0.1, 0.15) is 0 Å². The molecule has 0 unspecified atom stereocenters. The van der Waals surface area contributed by atoms with Crippen molar-refractivity contribution in [2.24, 2.45) is 0 Å². The molecule has 0 saturated heterocycles. The molecule has 0 aromatic heterocycles. The Labute approximate surface area is 114 Å². The van der Waals surface area contributed by atoms with Crippen molar-refractivity contribution in [1.29, 1.82) is 0 Å². The van der Waals surface area contributed by atoms with E-state index >= 15 is 0 Å². The number of benzene rings is 2. The van der Waals surface area contributed by atoms with Crippen LogP contribution in [0, 0.1) is 5.82 Å². The molecule has 3 nitrogen and oxygen atoms in total. The number of nitrogens with two attached hydrogens (primary N) is 1. The second-order valence-corrected chi connectivity index (χ2v) is 5.21. The van der Waals surface area contributed by atoms with Crippen molar-refractivity contribution in [3.05, 3.63) is 42.2 Å². The van der Waals surface area contributed by atoms with Gasteiger partial charge in [-0.15, -0.1) is 0 Å². The number of halogens is 1. The van der Waals surface area contributed by atoms with Gasteiger partial charge in [0.25, 0.3) is 0 Å². The van der Waals surface area contributed by atoms with Crippen molar-refractivity contribution in [1.82, 2.24) is 0 Å². The van der Waals surface area contributed by atoms with Gasteiger partial charge in [0.05, 0.1) is 0 Å². The molecule has 0 bridgehead atoms. The van der Waals surface area contributed by atoms with Gasteiger partial charge in [0.15, 0.2) is 11.5 Å². The van der Waals surface area contributed by atoms with Crippen LogP contribution in [0.15, 0.2) is 46.2 Å². The Morgan fingerprint density at radius 1 is 1.00 bits per heavy atom. The van der Waals surface area contributed by atoms with Crippen LogP contribution in [-0.2, 0) is 0 Å². The lowest BCUT2D eigenvalue weighted by molar-refractivity contribution is 0.171. The van der Waals surface area contributed by atoms with E-state index in [4.69, 9.17) is 15.2 Å². The zero-order valence-corrected chi connectivity index (χ0v) is 10.9. The molecule has 1 aliphatic rings. The van der Waals surface area contributed by atoms with Crippen molar-refractivity contribution in [2.45, 2.75) is 9.79 Å². The predicted molar refractivity (Wildman–Crippen MR) is 72.4 cm³/mol. The highest BCUT2D eigenvalue weighted by atomic mass is 32.2. The van der Waals surface area contributed by atoms with E-state index in [1.54, 1.807) is 6.07 Å². The van der Waals surface area contributed by atoms with E-state index in [2.05, 4.69) is 0 Å². The highest BCUT2D eigenvalue weighted by molar-refractivity contribution is 7.99. The van der Waals surface area contributed by atoms with Gasteiger partial charge in [0.1, 0.15) is 19.0 Å². The minimum absolute atomic E-state index is 0.330. The quantitative estimate of drug-likeness (QED) is 0.855. The Bertz CT molecular complexity index is 618. The van der Waals surface area contributed by atoms with E-state index < -0.39 is 0 Å². The molecule has 2 N–H and O–H groups in total. The number of fused-ring (bicyclic) bond motifs is 1. The second-order valence-electron chi connectivity index (χ2n) is 4.09. The molecule has 0 radical (unpaired) electrons. The summed E-state index contributed by atoms with van der Waals surface area (Å²) >= 11 is 1.47. The zero-order valence-electron chi connectivity index (χ0n) is 10.1. The maximum absolute atomic E-state index is 13.0. The van der Waals surface area contributed by atoms with Crippen molar-refractivity contribution >= 4 is 17.4 Å². The molecule has 3 rings (SSSR count). The molecule has 5 heteroatoms. The van der Waals surface area contributed by atoms with Gasteiger partial charge in [-0.05, 0) is 36.4 Å². The van der Waals surface area contributed by atoms with Gasteiger partial charge in [-0.1, -0.05) is 11.8 Å². The largest absolute Gasteiger partial charge is 0.486 e. The highest BCUT2D eigenvalue weighted by Crippen LogP contribution is 2.38. The van der Waals surface area contributed by atoms with E-state index in [9.17, 15) is 4.39 Å². The first kappa shape index (κ1) is 12.2. The maximum Gasteiger partial charge on any atom is 0.162 e. The number of ether oxygens (including phenoxy) is 2. The van der Waals surface area contributed by atoms with E-state index in [0.29, 0.717) is 18.9 Å². The van der Waals surface area contributed by atoms with Crippen molar-refractivity contribution in [2.75, 3.05) is 18.9 Å². The topological polar surface area (TPSA) is 44.5 Å².